The second-order valence-electron chi connectivity index (χ2n) is 6.60. The van der Waals surface area contributed by atoms with Crippen LogP contribution < -0.4 is 10.6 Å². The standard InChI is InChI=1S/C22H17BrN4O2S2/c23-16-10-8-15(9-11-16)21-26-27-22(31-21)25-19(28)17(13-14-5-2-1-3-6-14)24-20(29)18-7-4-12-30-18/h1-12,17H,13H2,(H,24,29)(H,25,27,28). The van der Waals surface area contributed by atoms with E-state index in [-0.39, 0.29) is 11.8 Å². The monoisotopic (exact) mass is 512 g/mol. The Kier molecular flexibility index (Phi) is 6.86. The normalized spacial score (nSPS) is 11.6. The highest BCUT2D eigenvalue weighted by Crippen LogP contribution is 2.27. The molecule has 2 heterocycles. The largest absolute Gasteiger partial charge is 0.339 e. The summed E-state index contributed by atoms with van der Waals surface area (Å²) in [7, 11) is 0. The molecule has 31 heavy (non-hydrogen) atoms. The van der Waals surface area contributed by atoms with Crippen LogP contribution in [0.3, 0.4) is 0 Å². The van der Waals surface area contributed by atoms with Crippen LogP contribution in [0.25, 0.3) is 10.6 Å². The van der Waals surface area contributed by atoms with E-state index in [4.69, 9.17) is 0 Å². The fraction of sp³-hybridized carbons (Fsp3) is 0.0909. The number of hydrogen-bond acceptors (Lipinski definition) is 6. The van der Waals surface area contributed by atoms with Gasteiger partial charge >= 0.3 is 0 Å². The van der Waals surface area contributed by atoms with Gasteiger partial charge in [0.15, 0.2) is 0 Å². The Balaban J connectivity index is 1.50. The van der Waals surface area contributed by atoms with Crippen LogP contribution >= 0.6 is 38.6 Å². The number of anilines is 1. The highest BCUT2D eigenvalue weighted by molar-refractivity contribution is 9.10. The number of nitrogens with zero attached hydrogens (tertiary/aromatic N) is 2. The number of thiophene rings is 1. The van der Waals surface area contributed by atoms with E-state index in [2.05, 4.69) is 36.8 Å². The number of aromatic nitrogens is 2. The second kappa shape index (κ2) is 9.95. The number of halogens is 1. The van der Waals surface area contributed by atoms with Gasteiger partial charge in [0.25, 0.3) is 5.91 Å². The van der Waals surface area contributed by atoms with E-state index in [1.54, 1.807) is 12.1 Å². The zero-order chi connectivity index (χ0) is 21.6. The van der Waals surface area contributed by atoms with Gasteiger partial charge in [-0.05, 0) is 29.1 Å². The van der Waals surface area contributed by atoms with Gasteiger partial charge in [0.2, 0.25) is 11.0 Å². The molecule has 2 aromatic heterocycles. The van der Waals surface area contributed by atoms with Gasteiger partial charge in [-0.1, -0.05) is 75.8 Å². The van der Waals surface area contributed by atoms with Crippen LogP contribution in [0.4, 0.5) is 5.13 Å². The maximum absolute atomic E-state index is 13.0. The van der Waals surface area contributed by atoms with Crippen LogP contribution in [-0.4, -0.2) is 28.1 Å². The fourth-order valence-corrected chi connectivity index (χ4v) is 4.51. The first kappa shape index (κ1) is 21.4. The van der Waals surface area contributed by atoms with Crippen LogP contribution in [0, 0.1) is 0 Å². The molecule has 1 atom stereocenters. The summed E-state index contributed by atoms with van der Waals surface area (Å²) in [5.74, 6) is -0.619. The van der Waals surface area contributed by atoms with Crippen molar-refractivity contribution >= 4 is 55.5 Å². The molecule has 9 heteroatoms. The highest BCUT2D eigenvalue weighted by atomic mass is 79.9. The van der Waals surface area contributed by atoms with Crippen LogP contribution in [-0.2, 0) is 11.2 Å². The molecule has 1 unspecified atom stereocenters. The third-order valence-corrected chi connectivity index (χ3v) is 6.68. The van der Waals surface area contributed by atoms with Crippen LogP contribution in [0.1, 0.15) is 15.2 Å². The first-order valence-electron chi connectivity index (χ1n) is 9.37. The molecule has 0 saturated heterocycles. The second-order valence-corrected chi connectivity index (χ2v) is 9.44. The number of nitrogens with one attached hydrogen (secondary N) is 2. The molecule has 2 N–H and O–H groups in total. The smallest absolute Gasteiger partial charge is 0.262 e. The molecule has 6 nitrogen and oxygen atoms in total. The van der Waals surface area contributed by atoms with Gasteiger partial charge in [0.05, 0.1) is 4.88 Å². The maximum atomic E-state index is 13.0. The minimum Gasteiger partial charge on any atom is -0.339 e. The first-order chi connectivity index (χ1) is 15.1. The van der Waals surface area contributed by atoms with Crippen LogP contribution in [0.2, 0.25) is 0 Å². The number of benzene rings is 2. The summed E-state index contributed by atoms with van der Waals surface area (Å²) in [5, 5.41) is 16.8. The Hall–Kier alpha value is -2.88. The van der Waals surface area contributed by atoms with E-state index >= 15 is 0 Å². The van der Waals surface area contributed by atoms with Crippen molar-refractivity contribution in [3.63, 3.8) is 0 Å². The predicted molar refractivity (Wildman–Crippen MR) is 127 cm³/mol. The quantitative estimate of drug-likeness (QED) is 0.364. The Morgan fingerprint density at radius 1 is 0.968 bits per heavy atom. The molecule has 156 valence electrons. The molecule has 0 spiro atoms. The van der Waals surface area contributed by atoms with Gasteiger partial charge < -0.3 is 5.32 Å². The number of carbonyl (C=O) groups is 2. The topological polar surface area (TPSA) is 84.0 Å². The number of amides is 2. The van der Waals surface area contributed by atoms with Crippen molar-refractivity contribution in [3.8, 4) is 10.6 Å². The highest BCUT2D eigenvalue weighted by Gasteiger charge is 2.23. The Labute approximate surface area is 195 Å². The van der Waals surface area contributed by atoms with E-state index in [0.29, 0.717) is 21.4 Å². The number of rotatable bonds is 7. The van der Waals surface area contributed by atoms with Crippen LogP contribution in [0.5, 0.6) is 0 Å². The molecule has 0 aliphatic heterocycles. The Morgan fingerprint density at radius 2 is 1.74 bits per heavy atom. The number of hydrogen-bond donors (Lipinski definition) is 2. The van der Waals surface area contributed by atoms with Gasteiger partial charge in [-0.15, -0.1) is 21.5 Å². The molecule has 0 bridgehead atoms. The molecule has 4 aromatic rings. The molecular weight excluding hydrogens is 496 g/mol. The zero-order valence-electron chi connectivity index (χ0n) is 16.1. The average molecular weight is 513 g/mol. The summed E-state index contributed by atoms with van der Waals surface area (Å²) in [6.07, 6.45) is 0.363. The lowest BCUT2D eigenvalue weighted by atomic mass is 10.1. The predicted octanol–water partition coefficient (Wildman–Crippen LogP) is 5.01. The van der Waals surface area contributed by atoms with Crippen LogP contribution in [0.15, 0.2) is 76.6 Å². The SMILES string of the molecule is O=C(NC(Cc1ccccc1)C(=O)Nc1nnc(-c2ccc(Br)cc2)s1)c1cccs1. The minimum atomic E-state index is -0.753. The van der Waals surface area contributed by atoms with Gasteiger partial charge in [-0.2, -0.15) is 0 Å². The molecule has 2 aromatic carbocycles. The summed E-state index contributed by atoms with van der Waals surface area (Å²) in [4.78, 5) is 26.1. The maximum Gasteiger partial charge on any atom is 0.262 e. The summed E-state index contributed by atoms with van der Waals surface area (Å²) >= 11 is 6.02. The Morgan fingerprint density at radius 3 is 2.45 bits per heavy atom. The van der Waals surface area contributed by atoms with Crippen molar-refractivity contribution in [2.24, 2.45) is 0 Å². The number of carbonyl (C=O) groups excluding carboxylic acids is 2. The van der Waals surface area contributed by atoms with E-state index in [1.807, 2.05) is 60.0 Å². The van der Waals surface area contributed by atoms with Crippen molar-refractivity contribution < 1.29 is 9.59 Å². The molecule has 0 saturated carbocycles. The van der Waals surface area contributed by atoms with E-state index in [1.165, 1.54) is 22.7 Å². The Bertz CT molecular complexity index is 1160. The average Bonchev–Trinajstić information content (AvgIpc) is 3.47. The molecule has 4 rings (SSSR count). The van der Waals surface area contributed by atoms with Crippen molar-refractivity contribution in [1.29, 1.82) is 0 Å². The van der Waals surface area contributed by atoms with E-state index < -0.39 is 6.04 Å². The minimum absolute atomic E-state index is 0.279. The molecule has 0 fully saturated rings. The van der Waals surface area contributed by atoms with E-state index in [0.717, 1.165) is 15.6 Å². The molecule has 2 amide bonds. The van der Waals surface area contributed by atoms with Crippen molar-refractivity contribution in [2.75, 3.05) is 5.32 Å². The lowest BCUT2D eigenvalue weighted by Crippen LogP contribution is -2.45. The molecular formula is C22H17BrN4O2S2. The summed E-state index contributed by atoms with van der Waals surface area (Å²) < 4.78 is 0.972. The third-order valence-electron chi connectivity index (χ3n) is 4.40. The third kappa shape index (κ3) is 5.63. The van der Waals surface area contributed by atoms with Gasteiger partial charge in [0.1, 0.15) is 11.0 Å². The summed E-state index contributed by atoms with van der Waals surface area (Å²) in [6, 6.07) is 20.0. The van der Waals surface area contributed by atoms with E-state index in [9.17, 15) is 9.59 Å². The summed E-state index contributed by atoms with van der Waals surface area (Å²) in [5.41, 5.74) is 1.86. The fourth-order valence-electron chi connectivity index (χ4n) is 2.87. The van der Waals surface area contributed by atoms with Gasteiger partial charge in [-0.3, -0.25) is 14.9 Å². The molecule has 0 radical (unpaired) electrons. The van der Waals surface area contributed by atoms with Crippen molar-refractivity contribution in [1.82, 2.24) is 15.5 Å². The lowest BCUT2D eigenvalue weighted by molar-refractivity contribution is -0.118. The van der Waals surface area contributed by atoms with Gasteiger partial charge in [-0.25, -0.2) is 0 Å². The lowest BCUT2D eigenvalue weighted by Gasteiger charge is -2.17. The van der Waals surface area contributed by atoms with Crippen molar-refractivity contribution in [3.05, 3.63) is 87.0 Å². The zero-order valence-corrected chi connectivity index (χ0v) is 19.3. The van der Waals surface area contributed by atoms with Crippen molar-refractivity contribution in [2.45, 2.75) is 12.5 Å². The van der Waals surface area contributed by atoms with Gasteiger partial charge in [0, 0.05) is 16.5 Å². The summed E-state index contributed by atoms with van der Waals surface area (Å²) in [6.45, 7) is 0. The molecule has 0 aliphatic rings. The molecule has 0 aliphatic carbocycles. The first-order valence-corrected chi connectivity index (χ1v) is 11.9.